The molecule has 5 amide bonds. The molecule has 2 aromatic carbocycles. The molecule has 13 nitrogen and oxygen atoms in total. The van der Waals surface area contributed by atoms with E-state index in [1.807, 2.05) is 18.2 Å². The lowest BCUT2D eigenvalue weighted by atomic mass is 9.56. The topological polar surface area (TPSA) is 156 Å². The van der Waals surface area contributed by atoms with Gasteiger partial charge >= 0.3 is 6.18 Å². The van der Waals surface area contributed by atoms with Crippen LogP contribution in [-0.4, -0.2) is 101 Å². The van der Waals surface area contributed by atoms with Crippen molar-refractivity contribution in [2.24, 2.45) is 22.7 Å². The lowest BCUT2D eigenvalue weighted by molar-refractivity contribution is -0.150. The van der Waals surface area contributed by atoms with Crippen LogP contribution < -0.4 is 26.2 Å². The number of rotatable bonds is 7. The molecule has 12 rings (SSSR count). The zero-order valence-electron chi connectivity index (χ0n) is 38.9. The van der Waals surface area contributed by atoms with E-state index in [0.29, 0.717) is 82.1 Å². The van der Waals surface area contributed by atoms with E-state index in [9.17, 15) is 32.3 Å². The molecule has 1 aromatic heterocycles. The van der Waals surface area contributed by atoms with E-state index in [2.05, 4.69) is 56.8 Å². The summed E-state index contributed by atoms with van der Waals surface area (Å²) in [5, 5.41) is 12.5. The molecular formula is C51H57ClF4N8O5. The molecule has 3 saturated carbocycles. The molecule has 1 spiro atoms. The fraction of sp³-hybridized carbons (Fsp3) is 0.569. The smallest absolute Gasteiger partial charge is 0.384 e. The molecule has 18 heteroatoms. The summed E-state index contributed by atoms with van der Waals surface area (Å²) in [5.41, 5.74) is -0.104. The number of hydrogen-bond donors (Lipinski definition) is 4. The summed E-state index contributed by atoms with van der Waals surface area (Å²) in [5.74, 6) is -2.06. The number of imide groups is 1. The predicted molar refractivity (Wildman–Crippen MR) is 248 cm³/mol. The van der Waals surface area contributed by atoms with E-state index in [0.717, 1.165) is 30.4 Å². The second kappa shape index (κ2) is 16.1. The molecule has 9 aliphatic rings. The Kier molecular flexibility index (Phi) is 10.8. The lowest BCUT2D eigenvalue weighted by Crippen LogP contribution is -2.62. The highest BCUT2D eigenvalue weighted by molar-refractivity contribution is 6.30. The Morgan fingerprint density at radius 1 is 0.942 bits per heavy atom. The maximum absolute atomic E-state index is 16.4. The summed E-state index contributed by atoms with van der Waals surface area (Å²) in [6, 6.07) is 9.42. The number of nitrogens with zero attached hydrogens (tertiary/aromatic N) is 4. The maximum Gasteiger partial charge on any atom is 0.433 e. The standard InChI is InChI=1S/C51H57ClF4N8O5/c1-47(2,3)19-38-50(26-58-35-18-37(51(54,55)56)57-20-33(35)50)40(32-5-4-6-34(52)41(32)53)42(59-38)44(67)61-49-14-11-48(12-15-49,13-16-49)46(69)63-23-28-21-62(22-29(28)24-63)30-7-8-31-27(17-30)25-64(45(31)68)36-9-10-39(65)60-43(36)66/h4-8,17-18,20,28-29,36,38,40,42,58-59H,9-16,19,21-26H2,1-3H3,(H,61,67)(H,60,65,66)/t28-,29-,36?,38-,40-,42+,48?,49?,50-/m0/s1. The van der Waals surface area contributed by atoms with E-state index >= 15 is 9.18 Å². The van der Waals surface area contributed by atoms with Gasteiger partial charge in [0.15, 0.2) is 0 Å². The molecule has 7 atom stereocenters. The molecule has 2 bridgehead atoms. The number of nitrogens with one attached hydrogen (secondary N) is 4. The van der Waals surface area contributed by atoms with Crippen molar-refractivity contribution < 1.29 is 41.5 Å². The van der Waals surface area contributed by atoms with Crippen molar-refractivity contribution in [2.45, 2.75) is 126 Å². The molecule has 3 aromatic rings. The van der Waals surface area contributed by atoms with Gasteiger partial charge in [-0.05, 0) is 98.2 Å². The van der Waals surface area contributed by atoms with E-state index in [-0.39, 0.29) is 70.1 Å². The van der Waals surface area contributed by atoms with Gasteiger partial charge in [0, 0.05) is 115 Å². The average molecular weight is 974 g/mol. The van der Waals surface area contributed by atoms with Crippen LogP contribution in [0.25, 0.3) is 0 Å². The number of carbonyl (C=O) groups is 5. The Labute approximate surface area is 402 Å². The highest BCUT2D eigenvalue weighted by Crippen LogP contribution is 2.58. The van der Waals surface area contributed by atoms with E-state index in [4.69, 9.17) is 11.6 Å². The molecule has 366 valence electrons. The van der Waals surface area contributed by atoms with E-state index < -0.39 is 64.0 Å². The number of piperidine rings is 1. The predicted octanol–water partition coefficient (Wildman–Crippen LogP) is 6.68. The Morgan fingerprint density at radius 2 is 1.65 bits per heavy atom. The molecule has 7 fully saturated rings. The number of benzene rings is 2. The molecule has 69 heavy (non-hydrogen) atoms. The number of hydrogen-bond acceptors (Lipinski definition) is 9. The van der Waals surface area contributed by atoms with Crippen molar-refractivity contribution in [2.75, 3.05) is 42.9 Å². The third-order valence-electron chi connectivity index (χ3n) is 17.3. The van der Waals surface area contributed by atoms with Crippen molar-refractivity contribution in [3.05, 3.63) is 87.4 Å². The number of anilines is 2. The van der Waals surface area contributed by atoms with Crippen molar-refractivity contribution in [1.29, 1.82) is 0 Å². The average Bonchev–Trinajstić information content (AvgIpc) is 4.12. The van der Waals surface area contributed by atoms with Gasteiger partial charge in [-0.3, -0.25) is 34.3 Å². The molecule has 7 heterocycles. The zero-order valence-corrected chi connectivity index (χ0v) is 39.7. The first-order valence-corrected chi connectivity index (χ1v) is 24.7. The SMILES string of the molecule is CC(C)(C)C[C@@H]1N[C@@H](C(=O)NC23CCC(C(=O)N4C[C@@H]5CN(c6ccc7c(c6)CN(C6CCC(=O)NC6=O)C7=O)C[C@H]5C4)(CC2)CC3)[C@H](c2cccc(Cl)c2F)[C@]12CNc1cc(C(F)(F)F)ncc12. The van der Waals surface area contributed by atoms with Crippen LogP contribution in [-0.2, 0) is 37.3 Å². The van der Waals surface area contributed by atoms with Crippen LogP contribution >= 0.6 is 11.6 Å². The first kappa shape index (κ1) is 46.1. The van der Waals surface area contributed by atoms with Crippen molar-refractivity contribution in [3.63, 3.8) is 0 Å². The third kappa shape index (κ3) is 7.57. The molecular weight excluding hydrogens is 916 g/mol. The number of amides is 5. The van der Waals surface area contributed by atoms with Gasteiger partial charge in [0.1, 0.15) is 17.6 Å². The van der Waals surface area contributed by atoms with Crippen molar-refractivity contribution in [1.82, 2.24) is 30.7 Å². The Balaban J connectivity index is 0.769. The second-order valence-electron chi connectivity index (χ2n) is 22.5. The number of pyridine rings is 1. The fourth-order valence-electron chi connectivity index (χ4n) is 13.8. The van der Waals surface area contributed by atoms with E-state index in [1.54, 1.807) is 17.0 Å². The van der Waals surface area contributed by atoms with Crippen molar-refractivity contribution in [3.8, 4) is 0 Å². The Bertz CT molecular complexity index is 2650. The van der Waals surface area contributed by atoms with Gasteiger partial charge in [0.25, 0.3) is 5.91 Å². The van der Waals surface area contributed by atoms with Crippen LogP contribution in [0.15, 0.2) is 48.7 Å². The molecule has 4 saturated heterocycles. The van der Waals surface area contributed by atoms with Gasteiger partial charge in [-0.1, -0.05) is 44.5 Å². The van der Waals surface area contributed by atoms with Gasteiger partial charge in [0.05, 0.1) is 11.1 Å². The largest absolute Gasteiger partial charge is 0.433 e. The van der Waals surface area contributed by atoms with Crippen LogP contribution in [0.4, 0.5) is 28.9 Å². The van der Waals surface area contributed by atoms with Crippen LogP contribution in [0.1, 0.15) is 117 Å². The molecule has 0 radical (unpaired) electrons. The second-order valence-corrected chi connectivity index (χ2v) is 22.9. The monoisotopic (exact) mass is 972 g/mol. The zero-order chi connectivity index (χ0) is 48.6. The van der Waals surface area contributed by atoms with Crippen LogP contribution in [0.2, 0.25) is 5.02 Å². The van der Waals surface area contributed by atoms with Gasteiger partial charge in [-0.2, -0.15) is 13.2 Å². The van der Waals surface area contributed by atoms with Crippen LogP contribution in [0.3, 0.4) is 0 Å². The molecule has 3 aliphatic carbocycles. The molecule has 6 aliphatic heterocycles. The van der Waals surface area contributed by atoms with E-state index in [1.165, 1.54) is 12.3 Å². The number of alkyl halides is 3. The van der Waals surface area contributed by atoms with Crippen molar-refractivity contribution >= 4 is 52.5 Å². The Hall–Kier alpha value is -5.29. The highest BCUT2D eigenvalue weighted by Gasteiger charge is 2.63. The maximum atomic E-state index is 16.4. The normalized spacial score (nSPS) is 32.6. The minimum Gasteiger partial charge on any atom is -0.384 e. The number of carbonyl (C=O) groups excluding carboxylic acids is 5. The summed E-state index contributed by atoms with van der Waals surface area (Å²) < 4.78 is 58.2. The fourth-order valence-corrected chi connectivity index (χ4v) is 14.0. The quantitative estimate of drug-likeness (QED) is 0.150. The third-order valence-corrected chi connectivity index (χ3v) is 17.6. The first-order chi connectivity index (χ1) is 32.7. The summed E-state index contributed by atoms with van der Waals surface area (Å²) >= 11 is 6.42. The summed E-state index contributed by atoms with van der Waals surface area (Å²) in [6.45, 7) is 9.51. The van der Waals surface area contributed by atoms with Crippen LogP contribution in [0, 0.1) is 28.5 Å². The highest BCUT2D eigenvalue weighted by atomic mass is 35.5. The molecule has 4 N–H and O–H groups in total. The summed E-state index contributed by atoms with van der Waals surface area (Å²) in [7, 11) is 0. The number of likely N-dealkylation sites (tertiary alicyclic amines) is 1. The van der Waals surface area contributed by atoms with Crippen LogP contribution in [0.5, 0.6) is 0 Å². The van der Waals surface area contributed by atoms with Gasteiger partial charge in [-0.25, -0.2) is 4.39 Å². The summed E-state index contributed by atoms with van der Waals surface area (Å²) in [6.07, 6.45) is 1.29. The number of fused-ring (bicyclic) bond motifs is 7. The van der Waals surface area contributed by atoms with Gasteiger partial charge in [-0.15, -0.1) is 0 Å². The summed E-state index contributed by atoms with van der Waals surface area (Å²) in [4.78, 5) is 77.0. The number of aromatic nitrogens is 1. The lowest BCUT2D eigenvalue weighted by Gasteiger charge is -2.53. The minimum atomic E-state index is -4.67. The Morgan fingerprint density at radius 3 is 2.32 bits per heavy atom. The van der Waals surface area contributed by atoms with Gasteiger partial charge < -0.3 is 30.7 Å². The minimum absolute atomic E-state index is 0.115. The first-order valence-electron chi connectivity index (χ1n) is 24.3. The molecule has 1 unspecified atom stereocenters. The number of halogens is 5. The van der Waals surface area contributed by atoms with Gasteiger partial charge in [0.2, 0.25) is 23.6 Å².